The molecule has 0 saturated carbocycles. The van der Waals surface area contributed by atoms with Gasteiger partial charge in [0.15, 0.2) is 0 Å². The molecule has 4 N–H and O–H groups in total. The predicted molar refractivity (Wildman–Crippen MR) is 35.4 cm³/mol. The van der Waals surface area contributed by atoms with Crippen LogP contribution in [0, 0.1) is 0 Å². The molecule has 0 aliphatic rings. The first-order valence-electron chi connectivity index (χ1n) is 2.57. The Hall–Kier alpha value is -1.19. The van der Waals surface area contributed by atoms with Gasteiger partial charge < -0.3 is 16.4 Å². The molecule has 0 aliphatic carbocycles. The van der Waals surface area contributed by atoms with E-state index >= 15 is 0 Å². The number of likely N-dealkylation sites (N-methyl/N-ethyl adjacent to an activating group) is 1. The van der Waals surface area contributed by atoms with Crippen LogP contribution in [0.1, 0.15) is 0 Å². The van der Waals surface area contributed by atoms with Crippen molar-refractivity contribution >= 4 is 5.91 Å². The highest BCUT2D eigenvalue weighted by molar-refractivity contribution is 5.87. The Labute approximate surface area is 54.1 Å². The van der Waals surface area contributed by atoms with Crippen molar-refractivity contribution in [1.29, 1.82) is 0 Å². The summed E-state index contributed by atoms with van der Waals surface area (Å²) in [6.07, 6.45) is 1.28. The smallest absolute Gasteiger partial charge is 0.247 e. The molecule has 0 spiro atoms. The van der Waals surface area contributed by atoms with E-state index in [4.69, 9.17) is 5.73 Å². The standard InChI is InChI=1S/C5H11N3O/c1-7-4(6)3-5(9)8-2/h3,7H,6H2,1-2H3,(H,8,9)/b4-3-. The molecule has 0 radical (unpaired) electrons. The maximum Gasteiger partial charge on any atom is 0.247 e. The Bertz CT molecular complexity index is 130. The van der Waals surface area contributed by atoms with Gasteiger partial charge in [0.1, 0.15) is 5.82 Å². The van der Waals surface area contributed by atoms with E-state index in [9.17, 15) is 4.79 Å². The van der Waals surface area contributed by atoms with Crippen LogP contribution in [0.4, 0.5) is 0 Å². The monoisotopic (exact) mass is 129 g/mol. The molecule has 0 fully saturated rings. The molecule has 1 amide bonds. The highest BCUT2D eigenvalue weighted by Crippen LogP contribution is 1.72. The molecule has 52 valence electrons. The Kier molecular flexibility index (Phi) is 3.27. The van der Waals surface area contributed by atoms with Crippen LogP contribution in [-0.2, 0) is 4.79 Å². The zero-order valence-electron chi connectivity index (χ0n) is 5.56. The molecule has 0 atom stereocenters. The zero-order valence-corrected chi connectivity index (χ0v) is 5.56. The van der Waals surface area contributed by atoms with Gasteiger partial charge in [0, 0.05) is 20.2 Å². The van der Waals surface area contributed by atoms with E-state index in [0.29, 0.717) is 5.82 Å². The van der Waals surface area contributed by atoms with E-state index in [-0.39, 0.29) is 5.91 Å². The summed E-state index contributed by atoms with van der Waals surface area (Å²) in [5.41, 5.74) is 5.24. The van der Waals surface area contributed by atoms with Crippen molar-refractivity contribution in [2.45, 2.75) is 0 Å². The number of nitrogens with one attached hydrogen (secondary N) is 2. The number of carbonyl (C=O) groups is 1. The number of rotatable bonds is 2. The summed E-state index contributed by atoms with van der Waals surface area (Å²) < 4.78 is 0. The second-order valence-electron chi connectivity index (χ2n) is 1.46. The van der Waals surface area contributed by atoms with E-state index in [1.165, 1.54) is 6.08 Å². The van der Waals surface area contributed by atoms with E-state index < -0.39 is 0 Å². The SMILES string of the molecule is CNC(=O)/C=C(/N)NC. The zero-order chi connectivity index (χ0) is 7.28. The van der Waals surface area contributed by atoms with E-state index in [1.807, 2.05) is 0 Å². The molecule has 4 heteroatoms. The van der Waals surface area contributed by atoms with Gasteiger partial charge in [-0.3, -0.25) is 4.79 Å². The lowest BCUT2D eigenvalue weighted by Gasteiger charge is -1.96. The normalized spacial score (nSPS) is 10.7. The van der Waals surface area contributed by atoms with Crippen LogP contribution in [0.5, 0.6) is 0 Å². The van der Waals surface area contributed by atoms with Gasteiger partial charge in [0.05, 0.1) is 0 Å². The van der Waals surface area contributed by atoms with Crippen LogP contribution < -0.4 is 16.4 Å². The van der Waals surface area contributed by atoms with Crippen molar-refractivity contribution in [1.82, 2.24) is 10.6 Å². The molecular formula is C5H11N3O. The van der Waals surface area contributed by atoms with Crippen molar-refractivity contribution in [2.75, 3.05) is 14.1 Å². The van der Waals surface area contributed by atoms with Gasteiger partial charge in [-0.1, -0.05) is 0 Å². The maximum atomic E-state index is 10.5. The molecule has 0 heterocycles. The number of amides is 1. The lowest BCUT2D eigenvalue weighted by atomic mass is 10.5. The van der Waals surface area contributed by atoms with Crippen molar-refractivity contribution in [2.24, 2.45) is 5.73 Å². The minimum absolute atomic E-state index is 0.207. The minimum Gasteiger partial charge on any atom is -0.385 e. The Morgan fingerprint density at radius 3 is 2.33 bits per heavy atom. The molecule has 0 bridgehead atoms. The fraction of sp³-hybridized carbons (Fsp3) is 0.400. The molecule has 0 aliphatic heterocycles. The first-order valence-corrected chi connectivity index (χ1v) is 2.57. The quantitative estimate of drug-likeness (QED) is 0.408. The van der Waals surface area contributed by atoms with Gasteiger partial charge in [0.2, 0.25) is 5.91 Å². The third-order valence-electron chi connectivity index (χ3n) is 0.822. The summed E-state index contributed by atoms with van der Waals surface area (Å²) >= 11 is 0. The second kappa shape index (κ2) is 3.77. The number of nitrogens with two attached hydrogens (primary N) is 1. The van der Waals surface area contributed by atoms with E-state index in [2.05, 4.69) is 10.6 Å². The largest absolute Gasteiger partial charge is 0.385 e. The fourth-order valence-electron chi connectivity index (χ4n) is 0.286. The summed E-state index contributed by atoms with van der Waals surface area (Å²) in [7, 11) is 3.19. The van der Waals surface area contributed by atoms with Crippen LogP contribution in [0.3, 0.4) is 0 Å². The van der Waals surface area contributed by atoms with Crippen LogP contribution in [-0.4, -0.2) is 20.0 Å². The van der Waals surface area contributed by atoms with Crippen LogP contribution in [0.15, 0.2) is 11.9 Å². The highest BCUT2D eigenvalue weighted by atomic mass is 16.1. The predicted octanol–water partition coefficient (Wildman–Crippen LogP) is -1.25. The maximum absolute atomic E-state index is 10.5. The van der Waals surface area contributed by atoms with Crippen LogP contribution in [0.25, 0.3) is 0 Å². The van der Waals surface area contributed by atoms with Crippen molar-refractivity contribution in [3.63, 3.8) is 0 Å². The number of hydrogen-bond donors (Lipinski definition) is 3. The lowest BCUT2D eigenvalue weighted by Crippen LogP contribution is -2.21. The third kappa shape index (κ3) is 3.40. The summed E-state index contributed by atoms with van der Waals surface area (Å²) in [4.78, 5) is 10.5. The van der Waals surface area contributed by atoms with Gasteiger partial charge in [-0.2, -0.15) is 0 Å². The first-order chi connectivity index (χ1) is 4.20. The molecule has 4 nitrogen and oxygen atoms in total. The van der Waals surface area contributed by atoms with Crippen molar-refractivity contribution in [3.8, 4) is 0 Å². The number of carbonyl (C=O) groups excluding carboxylic acids is 1. The second-order valence-corrected chi connectivity index (χ2v) is 1.46. The Morgan fingerprint density at radius 1 is 1.44 bits per heavy atom. The average molecular weight is 129 g/mol. The van der Waals surface area contributed by atoms with Crippen LogP contribution in [0.2, 0.25) is 0 Å². The summed E-state index contributed by atoms with van der Waals surface area (Å²) in [5, 5.41) is 5.00. The number of hydrogen-bond acceptors (Lipinski definition) is 3. The minimum atomic E-state index is -0.207. The van der Waals surface area contributed by atoms with Gasteiger partial charge in [-0.05, 0) is 0 Å². The lowest BCUT2D eigenvalue weighted by molar-refractivity contribution is -0.116. The molecule has 9 heavy (non-hydrogen) atoms. The molecule has 0 aromatic carbocycles. The Morgan fingerprint density at radius 2 is 2.00 bits per heavy atom. The Balaban J connectivity index is 3.79. The van der Waals surface area contributed by atoms with Gasteiger partial charge in [-0.15, -0.1) is 0 Å². The third-order valence-corrected chi connectivity index (χ3v) is 0.822. The van der Waals surface area contributed by atoms with E-state index in [0.717, 1.165) is 0 Å². The molecule has 0 saturated heterocycles. The first kappa shape index (κ1) is 7.81. The molecule has 0 unspecified atom stereocenters. The average Bonchev–Trinajstić information content (AvgIpc) is 1.87. The molecule has 0 rings (SSSR count). The summed E-state index contributed by atoms with van der Waals surface area (Å²) in [6, 6.07) is 0. The topological polar surface area (TPSA) is 67.2 Å². The highest BCUT2D eigenvalue weighted by Gasteiger charge is 1.90. The van der Waals surface area contributed by atoms with E-state index in [1.54, 1.807) is 14.1 Å². The fourth-order valence-corrected chi connectivity index (χ4v) is 0.286. The van der Waals surface area contributed by atoms with Gasteiger partial charge in [0.25, 0.3) is 0 Å². The molecule has 0 aromatic rings. The van der Waals surface area contributed by atoms with Crippen LogP contribution >= 0.6 is 0 Å². The van der Waals surface area contributed by atoms with Crippen molar-refractivity contribution in [3.05, 3.63) is 11.9 Å². The van der Waals surface area contributed by atoms with Gasteiger partial charge in [-0.25, -0.2) is 0 Å². The molecule has 0 aromatic heterocycles. The van der Waals surface area contributed by atoms with Crippen molar-refractivity contribution < 1.29 is 4.79 Å². The summed E-state index contributed by atoms with van der Waals surface area (Å²) in [5.74, 6) is 0.149. The molecular weight excluding hydrogens is 118 g/mol. The summed E-state index contributed by atoms with van der Waals surface area (Å²) in [6.45, 7) is 0. The van der Waals surface area contributed by atoms with Gasteiger partial charge >= 0.3 is 0 Å².